The predicted octanol–water partition coefficient (Wildman–Crippen LogP) is 3.35. The molecule has 2 N–H and O–H groups in total. The molecule has 0 aliphatic carbocycles. The van der Waals surface area contributed by atoms with Crippen molar-refractivity contribution in [3.63, 3.8) is 0 Å². The van der Waals surface area contributed by atoms with Gasteiger partial charge in [-0.15, -0.1) is 0 Å². The highest BCUT2D eigenvalue weighted by atomic mass is 19.1. The predicted molar refractivity (Wildman–Crippen MR) is 68.4 cm³/mol. The number of benzene rings is 2. The molecule has 0 radical (unpaired) electrons. The van der Waals surface area contributed by atoms with Gasteiger partial charge in [0.2, 0.25) is 0 Å². The van der Waals surface area contributed by atoms with Crippen LogP contribution >= 0.6 is 0 Å². The summed E-state index contributed by atoms with van der Waals surface area (Å²) in [4.78, 5) is 17.5. The molecule has 0 aliphatic rings. The van der Waals surface area contributed by atoms with Gasteiger partial charge in [-0.1, -0.05) is 6.07 Å². The number of H-pyrrole nitrogens is 1. The number of aromatic amines is 1. The van der Waals surface area contributed by atoms with Crippen molar-refractivity contribution in [3.05, 3.63) is 53.3 Å². The van der Waals surface area contributed by atoms with E-state index in [1.165, 1.54) is 6.07 Å². The van der Waals surface area contributed by atoms with Crippen molar-refractivity contribution in [2.75, 3.05) is 0 Å². The van der Waals surface area contributed by atoms with Gasteiger partial charge in [-0.2, -0.15) is 0 Å². The zero-order valence-corrected chi connectivity index (χ0v) is 10.3. The molecule has 21 heavy (non-hydrogen) atoms. The Hall–Kier alpha value is -2.83. The maximum absolute atomic E-state index is 13.7. The number of aromatic nitrogens is 2. The summed E-state index contributed by atoms with van der Waals surface area (Å²) >= 11 is 0. The topological polar surface area (TPSA) is 66.0 Å². The minimum atomic E-state index is -1.38. The van der Waals surface area contributed by atoms with E-state index in [1.807, 2.05) is 0 Å². The van der Waals surface area contributed by atoms with E-state index in [2.05, 4.69) is 9.97 Å². The van der Waals surface area contributed by atoms with Crippen molar-refractivity contribution in [3.8, 4) is 11.4 Å². The van der Waals surface area contributed by atoms with Crippen LogP contribution in [0.25, 0.3) is 22.4 Å². The van der Waals surface area contributed by atoms with E-state index < -0.39 is 29.0 Å². The van der Waals surface area contributed by atoms with E-state index >= 15 is 0 Å². The summed E-state index contributed by atoms with van der Waals surface area (Å²) in [5.41, 5.74) is -0.832. The highest BCUT2D eigenvalue weighted by molar-refractivity contribution is 6.01. The Balaban J connectivity index is 2.32. The highest BCUT2D eigenvalue weighted by Gasteiger charge is 2.19. The van der Waals surface area contributed by atoms with E-state index in [4.69, 9.17) is 5.11 Å². The van der Waals surface area contributed by atoms with Crippen LogP contribution in [-0.4, -0.2) is 21.0 Å². The summed E-state index contributed by atoms with van der Waals surface area (Å²) in [5.74, 6) is -4.08. The molecule has 0 atom stereocenters. The monoisotopic (exact) mass is 292 g/mol. The summed E-state index contributed by atoms with van der Waals surface area (Å²) < 4.78 is 40.8. The van der Waals surface area contributed by atoms with Gasteiger partial charge in [-0.25, -0.2) is 22.9 Å². The van der Waals surface area contributed by atoms with Gasteiger partial charge < -0.3 is 10.1 Å². The van der Waals surface area contributed by atoms with E-state index in [0.717, 1.165) is 24.3 Å². The first-order chi connectivity index (χ1) is 9.97. The Kier molecular flexibility index (Phi) is 2.90. The fourth-order valence-electron chi connectivity index (χ4n) is 2.09. The van der Waals surface area contributed by atoms with Crippen LogP contribution in [0, 0.1) is 17.5 Å². The number of carboxylic acids is 1. The Morgan fingerprint density at radius 3 is 2.43 bits per heavy atom. The molecule has 0 fully saturated rings. The first-order valence-corrected chi connectivity index (χ1v) is 5.84. The van der Waals surface area contributed by atoms with Gasteiger partial charge in [0.25, 0.3) is 0 Å². The minimum Gasteiger partial charge on any atom is -0.478 e. The second-order valence-electron chi connectivity index (χ2n) is 4.34. The van der Waals surface area contributed by atoms with Gasteiger partial charge in [0.05, 0.1) is 16.6 Å². The molecule has 0 spiro atoms. The van der Waals surface area contributed by atoms with Gasteiger partial charge in [-0.05, 0) is 24.3 Å². The molecule has 3 rings (SSSR count). The quantitative estimate of drug-likeness (QED) is 0.761. The third-order valence-electron chi connectivity index (χ3n) is 2.98. The molecule has 4 nitrogen and oxygen atoms in total. The van der Waals surface area contributed by atoms with Crippen LogP contribution in [0.15, 0.2) is 30.3 Å². The molecule has 0 amide bonds. The van der Waals surface area contributed by atoms with Crippen LogP contribution in [-0.2, 0) is 0 Å². The van der Waals surface area contributed by atoms with Gasteiger partial charge >= 0.3 is 5.97 Å². The lowest BCUT2D eigenvalue weighted by Gasteiger charge is -2.00. The molecular formula is C14H7F3N2O2. The average Bonchev–Trinajstić information content (AvgIpc) is 2.80. The van der Waals surface area contributed by atoms with Crippen molar-refractivity contribution in [2.24, 2.45) is 0 Å². The van der Waals surface area contributed by atoms with Crippen LogP contribution < -0.4 is 0 Å². The molecule has 1 aromatic heterocycles. The normalized spacial score (nSPS) is 11.0. The molecule has 2 aromatic carbocycles. The first-order valence-electron chi connectivity index (χ1n) is 5.84. The lowest BCUT2D eigenvalue weighted by molar-refractivity contribution is 0.0698. The van der Waals surface area contributed by atoms with Gasteiger partial charge in [0.15, 0.2) is 0 Å². The number of imidazole rings is 1. The first kappa shape index (κ1) is 13.2. The zero-order chi connectivity index (χ0) is 15.1. The smallest absolute Gasteiger partial charge is 0.338 e. The number of aromatic carboxylic acids is 1. The number of halogens is 3. The Bertz CT molecular complexity index is 854. The summed E-state index contributed by atoms with van der Waals surface area (Å²) in [6.45, 7) is 0. The maximum atomic E-state index is 13.7. The number of hydrogen-bond acceptors (Lipinski definition) is 2. The molecule has 3 aromatic rings. The third kappa shape index (κ3) is 2.12. The van der Waals surface area contributed by atoms with Crippen LogP contribution in [0.3, 0.4) is 0 Å². The van der Waals surface area contributed by atoms with E-state index in [9.17, 15) is 18.0 Å². The number of carbonyl (C=O) groups is 1. The number of nitrogens with zero attached hydrogens (tertiary/aromatic N) is 1. The number of fused-ring (bicyclic) bond motifs is 1. The lowest BCUT2D eigenvalue weighted by atomic mass is 10.2. The molecule has 106 valence electrons. The molecule has 0 unspecified atom stereocenters. The van der Waals surface area contributed by atoms with Crippen molar-refractivity contribution in [1.29, 1.82) is 0 Å². The number of hydrogen-bond donors (Lipinski definition) is 2. The SMILES string of the molecule is O=C(O)c1cc(F)cc2[nH]c(-c3c(F)cccc3F)nc12. The standard InChI is InChI=1S/C14H7F3N2O2/c15-6-4-7(14(20)21)12-10(5-6)18-13(19-12)11-8(16)2-1-3-9(11)17/h1-5H,(H,18,19)(H,20,21). The zero-order valence-electron chi connectivity index (χ0n) is 10.3. The molecule has 1 heterocycles. The van der Waals surface area contributed by atoms with Gasteiger partial charge in [-0.3, -0.25) is 0 Å². The summed E-state index contributed by atoms with van der Waals surface area (Å²) in [6.07, 6.45) is 0. The molecule has 7 heteroatoms. The molecular weight excluding hydrogens is 285 g/mol. The molecule has 0 saturated carbocycles. The molecule has 0 aliphatic heterocycles. The van der Waals surface area contributed by atoms with Crippen LogP contribution in [0.4, 0.5) is 13.2 Å². The van der Waals surface area contributed by atoms with Crippen molar-refractivity contribution < 1.29 is 23.1 Å². The Morgan fingerprint density at radius 1 is 1.14 bits per heavy atom. The van der Waals surface area contributed by atoms with Crippen LogP contribution in [0.1, 0.15) is 10.4 Å². The Morgan fingerprint density at radius 2 is 1.81 bits per heavy atom. The second-order valence-corrected chi connectivity index (χ2v) is 4.34. The highest BCUT2D eigenvalue weighted by Crippen LogP contribution is 2.27. The fraction of sp³-hybridized carbons (Fsp3) is 0. The summed E-state index contributed by atoms with van der Waals surface area (Å²) in [5, 5.41) is 9.03. The Labute approximate surface area is 115 Å². The third-order valence-corrected chi connectivity index (χ3v) is 2.98. The number of nitrogens with one attached hydrogen (secondary N) is 1. The number of carboxylic acid groups (broad SMARTS) is 1. The summed E-state index contributed by atoms with van der Waals surface area (Å²) in [6, 6.07) is 5.10. The second kappa shape index (κ2) is 4.62. The van der Waals surface area contributed by atoms with Crippen molar-refractivity contribution in [2.45, 2.75) is 0 Å². The van der Waals surface area contributed by atoms with E-state index in [0.29, 0.717) is 0 Å². The van der Waals surface area contributed by atoms with Crippen molar-refractivity contribution in [1.82, 2.24) is 9.97 Å². The molecule has 0 bridgehead atoms. The van der Waals surface area contributed by atoms with Crippen LogP contribution in [0.2, 0.25) is 0 Å². The lowest BCUT2D eigenvalue weighted by Crippen LogP contribution is -1.98. The van der Waals surface area contributed by atoms with E-state index in [-0.39, 0.29) is 22.4 Å². The van der Waals surface area contributed by atoms with Gasteiger partial charge in [0, 0.05) is 0 Å². The molecule has 0 saturated heterocycles. The maximum Gasteiger partial charge on any atom is 0.338 e. The van der Waals surface area contributed by atoms with Crippen molar-refractivity contribution >= 4 is 17.0 Å². The average molecular weight is 292 g/mol. The minimum absolute atomic E-state index is 0.0463. The van der Waals surface area contributed by atoms with Gasteiger partial charge in [0.1, 0.15) is 28.8 Å². The van der Waals surface area contributed by atoms with E-state index in [1.54, 1.807) is 0 Å². The fourth-order valence-corrected chi connectivity index (χ4v) is 2.09. The largest absolute Gasteiger partial charge is 0.478 e. The summed E-state index contributed by atoms with van der Waals surface area (Å²) in [7, 11) is 0. The number of rotatable bonds is 2. The van der Waals surface area contributed by atoms with Crippen LogP contribution in [0.5, 0.6) is 0 Å².